The van der Waals surface area contributed by atoms with Crippen molar-refractivity contribution in [3.63, 3.8) is 0 Å². The molecule has 0 N–H and O–H groups in total. The normalized spacial score (nSPS) is 10.9. The van der Waals surface area contributed by atoms with Crippen LogP contribution in [-0.4, -0.2) is 7.11 Å². The van der Waals surface area contributed by atoms with Crippen molar-refractivity contribution in [2.45, 2.75) is 6.61 Å². The lowest BCUT2D eigenvalue weighted by Crippen LogP contribution is -2.02. The van der Waals surface area contributed by atoms with E-state index in [0.717, 1.165) is 16.9 Å². The van der Waals surface area contributed by atoms with Crippen LogP contribution in [-0.2, 0) is 6.61 Å². The van der Waals surface area contributed by atoms with Crippen LogP contribution in [0.15, 0.2) is 84.9 Å². The molecule has 0 amide bonds. The van der Waals surface area contributed by atoms with Crippen LogP contribution in [0.5, 0.6) is 11.5 Å². The van der Waals surface area contributed by atoms with Gasteiger partial charge in [-0.05, 0) is 67.8 Å². The molecule has 4 aromatic rings. The van der Waals surface area contributed by atoms with Gasteiger partial charge in [0.1, 0.15) is 22.6 Å². The number of ether oxygens (including phenoxy) is 2. The third-order valence-electron chi connectivity index (χ3n) is 4.46. The summed E-state index contributed by atoms with van der Waals surface area (Å²) < 4.78 is 18.5. The van der Waals surface area contributed by atoms with E-state index in [-0.39, 0.29) is 5.43 Å². The quantitative estimate of drug-likeness (QED) is 0.301. The van der Waals surface area contributed by atoms with Gasteiger partial charge in [0.25, 0.3) is 0 Å². The molecule has 0 atom stereocenters. The van der Waals surface area contributed by atoms with Gasteiger partial charge in [-0.25, -0.2) is 0 Å². The van der Waals surface area contributed by atoms with E-state index in [1.54, 1.807) is 13.2 Å². The summed E-state index contributed by atoms with van der Waals surface area (Å²) in [5, 5.41) is 0.469. The Balaban J connectivity index is 1.65. The van der Waals surface area contributed by atoms with Gasteiger partial charge in [0.2, 0.25) is 0 Å². The van der Waals surface area contributed by atoms with Crippen molar-refractivity contribution in [1.82, 2.24) is 0 Å². The van der Waals surface area contributed by atoms with Crippen LogP contribution in [0.3, 0.4) is 0 Å². The fourth-order valence-electron chi connectivity index (χ4n) is 2.99. The molecule has 29 heavy (non-hydrogen) atoms. The number of hydrogen-bond acceptors (Lipinski definition) is 4. The first-order chi connectivity index (χ1) is 14.1. The van der Waals surface area contributed by atoms with Crippen LogP contribution in [0, 0.1) is 0 Å². The van der Waals surface area contributed by atoms with E-state index >= 15 is 0 Å². The van der Waals surface area contributed by atoms with Crippen LogP contribution in [0.4, 0.5) is 0 Å². The molecule has 0 aliphatic rings. The fourth-order valence-corrected chi connectivity index (χ4v) is 4.51. The van der Waals surface area contributed by atoms with Crippen molar-refractivity contribution in [1.29, 1.82) is 0 Å². The molecule has 1 aromatic heterocycles. The van der Waals surface area contributed by atoms with Crippen LogP contribution in [0.25, 0.3) is 22.3 Å². The van der Waals surface area contributed by atoms with Crippen LogP contribution in [0.1, 0.15) is 5.56 Å². The molecular formula is C23H16Br2O4. The van der Waals surface area contributed by atoms with Gasteiger partial charge in [-0.2, -0.15) is 0 Å². The second-order valence-corrected chi connectivity index (χ2v) is 8.00. The third kappa shape index (κ3) is 4.09. The minimum atomic E-state index is -0.130. The fraction of sp³-hybridized carbons (Fsp3) is 0.0870. The molecule has 0 fully saturated rings. The highest BCUT2D eigenvalue weighted by atomic mass is 79.9. The molecule has 0 aliphatic carbocycles. The number of fused-ring (bicyclic) bond motifs is 1. The highest BCUT2D eigenvalue weighted by molar-refractivity contribution is 9.11. The summed E-state index contributed by atoms with van der Waals surface area (Å²) in [6.07, 6.45) is 0. The Hall–Kier alpha value is -2.57. The van der Waals surface area contributed by atoms with Crippen molar-refractivity contribution in [2.75, 3.05) is 7.11 Å². The van der Waals surface area contributed by atoms with Gasteiger partial charge in [0.15, 0.2) is 16.8 Å². The van der Waals surface area contributed by atoms with Gasteiger partial charge in [0.05, 0.1) is 17.0 Å². The first kappa shape index (κ1) is 19.7. The Labute approximate surface area is 184 Å². The Kier molecular flexibility index (Phi) is 5.74. The highest BCUT2D eigenvalue weighted by Gasteiger charge is 2.16. The molecule has 4 rings (SSSR count). The largest absolute Gasteiger partial charge is 0.494 e. The highest BCUT2D eigenvalue weighted by Crippen LogP contribution is 2.39. The van der Waals surface area contributed by atoms with E-state index in [0.29, 0.717) is 38.0 Å². The minimum Gasteiger partial charge on any atom is -0.494 e. The minimum absolute atomic E-state index is 0.130. The molecule has 0 radical (unpaired) electrons. The summed E-state index contributed by atoms with van der Waals surface area (Å²) >= 11 is 6.90. The zero-order valence-electron chi connectivity index (χ0n) is 15.4. The molecular weight excluding hydrogens is 500 g/mol. The average molecular weight is 516 g/mol. The number of rotatable bonds is 5. The lowest BCUT2D eigenvalue weighted by molar-refractivity contribution is 0.306. The second kappa shape index (κ2) is 8.43. The van der Waals surface area contributed by atoms with E-state index < -0.39 is 0 Å². The van der Waals surface area contributed by atoms with E-state index in [1.807, 2.05) is 54.6 Å². The summed E-state index contributed by atoms with van der Waals surface area (Å²) in [4.78, 5) is 12.6. The molecule has 3 aromatic carbocycles. The van der Waals surface area contributed by atoms with Gasteiger partial charge in [-0.1, -0.05) is 30.3 Å². The third-order valence-corrected chi connectivity index (χ3v) is 5.77. The van der Waals surface area contributed by atoms with Gasteiger partial charge in [-0.3, -0.25) is 4.79 Å². The Morgan fingerprint density at radius 3 is 2.38 bits per heavy atom. The topological polar surface area (TPSA) is 48.7 Å². The second-order valence-electron chi connectivity index (χ2n) is 6.36. The van der Waals surface area contributed by atoms with E-state index in [2.05, 4.69) is 31.9 Å². The zero-order valence-corrected chi connectivity index (χ0v) is 18.6. The molecule has 0 saturated carbocycles. The van der Waals surface area contributed by atoms with E-state index in [4.69, 9.17) is 13.9 Å². The van der Waals surface area contributed by atoms with Crippen molar-refractivity contribution >= 4 is 42.8 Å². The smallest absolute Gasteiger partial charge is 0.193 e. The maximum atomic E-state index is 12.6. The number of benzene rings is 3. The van der Waals surface area contributed by atoms with Gasteiger partial charge in [-0.15, -0.1) is 0 Å². The van der Waals surface area contributed by atoms with Gasteiger partial charge in [0, 0.05) is 11.6 Å². The van der Waals surface area contributed by atoms with Crippen LogP contribution >= 0.6 is 31.9 Å². The summed E-state index contributed by atoms with van der Waals surface area (Å²) in [5.41, 5.74) is 2.19. The first-order valence-electron chi connectivity index (χ1n) is 8.84. The molecule has 0 spiro atoms. The van der Waals surface area contributed by atoms with Crippen molar-refractivity contribution in [3.8, 4) is 22.8 Å². The molecule has 146 valence electrons. The van der Waals surface area contributed by atoms with Gasteiger partial charge >= 0.3 is 0 Å². The number of halogens is 2. The molecule has 1 heterocycles. The Morgan fingerprint density at radius 2 is 1.69 bits per heavy atom. The summed E-state index contributed by atoms with van der Waals surface area (Å²) in [5.74, 6) is 1.79. The van der Waals surface area contributed by atoms with E-state index in [1.165, 1.54) is 6.07 Å². The average Bonchev–Trinajstić information content (AvgIpc) is 2.74. The summed E-state index contributed by atoms with van der Waals surface area (Å²) in [6.45, 7) is 0.493. The monoisotopic (exact) mass is 514 g/mol. The number of methoxy groups -OCH3 is 1. The molecule has 6 heteroatoms. The standard InChI is InChI=1S/C23H16Br2O4/c1-27-23-18(24)11-17-19(26)12-20(29-22(17)21(23)25)15-7-9-16(10-8-15)28-13-14-5-3-2-4-6-14/h2-12H,13H2,1H3. The molecule has 0 unspecified atom stereocenters. The maximum Gasteiger partial charge on any atom is 0.193 e. The Morgan fingerprint density at radius 1 is 0.966 bits per heavy atom. The van der Waals surface area contributed by atoms with Crippen LogP contribution < -0.4 is 14.9 Å². The number of hydrogen-bond donors (Lipinski definition) is 0. The zero-order chi connectivity index (χ0) is 20.4. The SMILES string of the molecule is COc1c(Br)cc2c(=O)cc(-c3ccc(OCc4ccccc4)cc3)oc2c1Br. The van der Waals surface area contributed by atoms with Gasteiger partial charge < -0.3 is 13.9 Å². The first-order valence-corrected chi connectivity index (χ1v) is 10.4. The predicted octanol–water partition coefficient (Wildman–Crippen LogP) is 6.57. The molecule has 0 saturated heterocycles. The lowest BCUT2D eigenvalue weighted by Gasteiger charge is -2.10. The lowest BCUT2D eigenvalue weighted by atomic mass is 10.1. The van der Waals surface area contributed by atoms with Crippen LogP contribution in [0.2, 0.25) is 0 Å². The summed E-state index contributed by atoms with van der Waals surface area (Å²) in [7, 11) is 1.56. The van der Waals surface area contributed by atoms with Crippen molar-refractivity contribution in [3.05, 3.63) is 91.5 Å². The van der Waals surface area contributed by atoms with Crippen molar-refractivity contribution in [2.24, 2.45) is 0 Å². The molecule has 0 aliphatic heterocycles. The molecule has 0 bridgehead atoms. The van der Waals surface area contributed by atoms with E-state index in [9.17, 15) is 4.79 Å². The Bertz CT molecular complexity index is 1220. The van der Waals surface area contributed by atoms with Crippen molar-refractivity contribution < 1.29 is 13.9 Å². The maximum absolute atomic E-state index is 12.6. The summed E-state index contributed by atoms with van der Waals surface area (Å²) in [6, 6.07) is 20.6. The predicted molar refractivity (Wildman–Crippen MR) is 121 cm³/mol. The molecule has 4 nitrogen and oxygen atoms in total.